The Hall–Kier alpha value is -1.24. The first-order chi connectivity index (χ1) is 9.19. The lowest BCUT2D eigenvalue weighted by atomic mass is 10.0. The van der Waals surface area contributed by atoms with E-state index in [0.717, 1.165) is 28.7 Å². The molecule has 0 aliphatic carbocycles. The first-order valence-electron chi connectivity index (χ1n) is 6.28. The molecule has 1 heterocycles. The molecule has 0 bridgehead atoms. The van der Waals surface area contributed by atoms with Crippen molar-refractivity contribution < 1.29 is 0 Å². The van der Waals surface area contributed by atoms with Crippen LogP contribution in [-0.2, 0) is 6.54 Å². The summed E-state index contributed by atoms with van der Waals surface area (Å²) in [7, 11) is 0. The molecule has 0 fully saturated rings. The topological polar surface area (TPSA) is 68.8 Å². The number of hydrogen-bond acceptors (Lipinski definition) is 4. The maximum Gasteiger partial charge on any atom is 0.0905 e. The van der Waals surface area contributed by atoms with E-state index in [4.69, 9.17) is 5.84 Å². The van der Waals surface area contributed by atoms with Gasteiger partial charge in [0.1, 0.15) is 0 Å². The molecule has 0 aliphatic rings. The van der Waals surface area contributed by atoms with Crippen LogP contribution in [-0.4, -0.2) is 15.0 Å². The predicted molar refractivity (Wildman–Crippen MR) is 78.4 cm³/mol. The Kier molecular flexibility index (Phi) is 4.68. The number of hydrogen-bond donors (Lipinski definition) is 2. The molecule has 1 atom stereocenters. The minimum atomic E-state index is -0.129. The van der Waals surface area contributed by atoms with Crippen LogP contribution < -0.4 is 11.3 Å². The average Bonchev–Trinajstić information content (AvgIpc) is 2.84. The van der Waals surface area contributed by atoms with Crippen LogP contribution in [0.1, 0.15) is 36.2 Å². The molecule has 2 rings (SSSR count). The SMILES string of the molecule is CCCn1nncc1C(NN)c1cccc(C)c1Br. The summed E-state index contributed by atoms with van der Waals surface area (Å²) in [5.74, 6) is 5.74. The second-order valence-corrected chi connectivity index (χ2v) is 5.25. The van der Waals surface area contributed by atoms with Crippen LogP contribution in [0.15, 0.2) is 28.9 Å². The van der Waals surface area contributed by atoms with Crippen molar-refractivity contribution in [2.45, 2.75) is 32.9 Å². The summed E-state index contributed by atoms with van der Waals surface area (Å²) < 4.78 is 2.95. The summed E-state index contributed by atoms with van der Waals surface area (Å²) in [6, 6.07) is 6.00. The van der Waals surface area contributed by atoms with Crippen LogP contribution in [0.25, 0.3) is 0 Å². The van der Waals surface area contributed by atoms with E-state index in [-0.39, 0.29) is 6.04 Å². The van der Waals surface area contributed by atoms with Gasteiger partial charge in [-0.3, -0.25) is 5.84 Å². The third-order valence-corrected chi connectivity index (χ3v) is 4.16. The number of nitrogens with one attached hydrogen (secondary N) is 1. The molecular weight excluding hydrogens is 306 g/mol. The Morgan fingerprint density at radius 3 is 2.95 bits per heavy atom. The van der Waals surface area contributed by atoms with Gasteiger partial charge in [0.25, 0.3) is 0 Å². The molecule has 19 heavy (non-hydrogen) atoms. The smallest absolute Gasteiger partial charge is 0.0905 e. The Morgan fingerprint density at radius 2 is 2.26 bits per heavy atom. The Morgan fingerprint density at radius 1 is 1.47 bits per heavy atom. The number of nitrogens with zero attached hydrogens (tertiary/aromatic N) is 3. The minimum absolute atomic E-state index is 0.129. The third kappa shape index (κ3) is 2.86. The van der Waals surface area contributed by atoms with Crippen molar-refractivity contribution in [1.29, 1.82) is 0 Å². The van der Waals surface area contributed by atoms with Crippen LogP contribution in [0.2, 0.25) is 0 Å². The van der Waals surface area contributed by atoms with Crippen molar-refractivity contribution in [3.8, 4) is 0 Å². The third-order valence-electron chi connectivity index (χ3n) is 3.08. The van der Waals surface area contributed by atoms with E-state index in [1.807, 2.05) is 16.8 Å². The second-order valence-electron chi connectivity index (χ2n) is 4.46. The van der Waals surface area contributed by atoms with E-state index in [9.17, 15) is 0 Å². The molecule has 1 unspecified atom stereocenters. The number of halogens is 1. The van der Waals surface area contributed by atoms with Crippen molar-refractivity contribution >= 4 is 15.9 Å². The highest BCUT2D eigenvalue weighted by Crippen LogP contribution is 2.30. The number of aromatic nitrogens is 3. The molecular formula is C13H18BrN5. The summed E-state index contributed by atoms with van der Waals surface area (Å²) in [6.45, 7) is 5.00. The maximum absolute atomic E-state index is 5.74. The molecule has 1 aromatic heterocycles. The number of benzene rings is 1. The van der Waals surface area contributed by atoms with Crippen LogP contribution in [0.3, 0.4) is 0 Å². The van der Waals surface area contributed by atoms with Gasteiger partial charge in [0, 0.05) is 11.0 Å². The van der Waals surface area contributed by atoms with E-state index in [1.165, 1.54) is 5.56 Å². The highest BCUT2D eigenvalue weighted by Gasteiger charge is 2.20. The van der Waals surface area contributed by atoms with E-state index >= 15 is 0 Å². The van der Waals surface area contributed by atoms with E-state index in [1.54, 1.807) is 6.20 Å². The lowest BCUT2D eigenvalue weighted by molar-refractivity contribution is 0.511. The van der Waals surface area contributed by atoms with Crippen molar-refractivity contribution in [2.24, 2.45) is 5.84 Å². The van der Waals surface area contributed by atoms with Gasteiger partial charge in [-0.25, -0.2) is 10.1 Å². The average molecular weight is 324 g/mol. The maximum atomic E-state index is 5.74. The van der Waals surface area contributed by atoms with Gasteiger partial charge >= 0.3 is 0 Å². The van der Waals surface area contributed by atoms with E-state index < -0.39 is 0 Å². The van der Waals surface area contributed by atoms with Gasteiger partial charge in [-0.15, -0.1) is 5.10 Å². The fourth-order valence-electron chi connectivity index (χ4n) is 2.10. The molecule has 5 nitrogen and oxygen atoms in total. The zero-order valence-electron chi connectivity index (χ0n) is 11.1. The summed E-state index contributed by atoms with van der Waals surface area (Å²) in [5, 5.41) is 8.10. The standard InChI is InChI=1S/C13H18BrN5/c1-3-7-19-11(8-16-18-19)13(17-15)10-6-4-5-9(2)12(10)14/h4-6,8,13,17H,3,7,15H2,1-2H3. The fourth-order valence-corrected chi connectivity index (χ4v) is 2.60. The highest BCUT2D eigenvalue weighted by atomic mass is 79.9. The molecule has 6 heteroatoms. The first kappa shape index (κ1) is 14.2. The monoisotopic (exact) mass is 323 g/mol. The van der Waals surface area contributed by atoms with Gasteiger partial charge < -0.3 is 0 Å². The molecule has 2 aromatic rings. The molecule has 0 aliphatic heterocycles. The molecule has 0 saturated carbocycles. The quantitative estimate of drug-likeness (QED) is 0.654. The normalized spacial score (nSPS) is 12.6. The minimum Gasteiger partial charge on any atom is -0.271 e. The van der Waals surface area contributed by atoms with Gasteiger partial charge in [0.15, 0.2) is 0 Å². The fraction of sp³-hybridized carbons (Fsp3) is 0.385. The molecule has 0 saturated heterocycles. The molecule has 0 radical (unpaired) electrons. The number of nitrogens with two attached hydrogens (primary N) is 1. The molecule has 1 aromatic carbocycles. The Bertz CT molecular complexity index is 552. The summed E-state index contributed by atoms with van der Waals surface area (Å²) in [4.78, 5) is 0. The molecule has 0 amide bonds. The van der Waals surface area contributed by atoms with Crippen molar-refractivity contribution in [3.63, 3.8) is 0 Å². The molecule has 102 valence electrons. The Labute approximate surface area is 121 Å². The predicted octanol–water partition coefficient (Wildman–Crippen LogP) is 2.31. The lowest BCUT2D eigenvalue weighted by Crippen LogP contribution is -2.31. The van der Waals surface area contributed by atoms with E-state index in [2.05, 4.69) is 51.6 Å². The summed E-state index contributed by atoms with van der Waals surface area (Å²) in [5.41, 5.74) is 6.08. The largest absolute Gasteiger partial charge is 0.271 e. The number of hydrazine groups is 1. The number of aryl methyl sites for hydroxylation is 2. The lowest BCUT2D eigenvalue weighted by Gasteiger charge is -2.19. The van der Waals surface area contributed by atoms with Crippen LogP contribution in [0.5, 0.6) is 0 Å². The van der Waals surface area contributed by atoms with Crippen LogP contribution >= 0.6 is 15.9 Å². The van der Waals surface area contributed by atoms with Crippen molar-refractivity contribution in [1.82, 2.24) is 20.4 Å². The van der Waals surface area contributed by atoms with Crippen molar-refractivity contribution in [3.05, 3.63) is 45.7 Å². The second kappa shape index (κ2) is 6.27. The van der Waals surface area contributed by atoms with Gasteiger partial charge in [-0.1, -0.05) is 46.3 Å². The Balaban J connectivity index is 2.44. The summed E-state index contributed by atoms with van der Waals surface area (Å²) in [6.07, 6.45) is 2.76. The van der Waals surface area contributed by atoms with Gasteiger partial charge in [0.05, 0.1) is 17.9 Å². The van der Waals surface area contributed by atoms with Gasteiger partial charge in [-0.05, 0) is 24.5 Å². The molecule has 0 spiro atoms. The zero-order chi connectivity index (χ0) is 13.8. The van der Waals surface area contributed by atoms with Crippen LogP contribution in [0, 0.1) is 6.92 Å². The summed E-state index contributed by atoms with van der Waals surface area (Å²) >= 11 is 3.63. The number of rotatable bonds is 5. The first-order valence-corrected chi connectivity index (χ1v) is 7.07. The van der Waals surface area contributed by atoms with Gasteiger partial charge in [0.2, 0.25) is 0 Å². The van der Waals surface area contributed by atoms with Gasteiger partial charge in [-0.2, -0.15) is 0 Å². The highest BCUT2D eigenvalue weighted by molar-refractivity contribution is 9.10. The van der Waals surface area contributed by atoms with Crippen LogP contribution in [0.4, 0.5) is 0 Å². The van der Waals surface area contributed by atoms with Crippen molar-refractivity contribution in [2.75, 3.05) is 0 Å². The zero-order valence-corrected chi connectivity index (χ0v) is 12.7. The molecule has 3 N–H and O–H groups in total. The van der Waals surface area contributed by atoms with E-state index in [0.29, 0.717) is 0 Å².